The fraction of sp³-hybridized carbons (Fsp3) is 0.250. The van der Waals surface area contributed by atoms with E-state index >= 15 is 0 Å². The summed E-state index contributed by atoms with van der Waals surface area (Å²) in [7, 11) is -4.34. The number of thiophene rings is 1. The number of carbonyl (C=O) groups is 1. The summed E-state index contributed by atoms with van der Waals surface area (Å²) >= 11 is 1.29. The van der Waals surface area contributed by atoms with Crippen molar-refractivity contribution in [1.82, 2.24) is 4.90 Å². The summed E-state index contributed by atoms with van der Waals surface area (Å²) in [6.45, 7) is 2.64. The summed E-state index contributed by atoms with van der Waals surface area (Å²) in [5.74, 6) is -2.42. The van der Waals surface area contributed by atoms with Crippen LogP contribution in [0.2, 0.25) is 0 Å². The maximum Gasteiger partial charge on any atom is 0.471 e. The Bertz CT molecular complexity index is 1700. The minimum absolute atomic E-state index is 0.0968. The topological polar surface area (TPSA) is 57.7 Å². The van der Waals surface area contributed by atoms with Crippen LogP contribution < -0.4 is 4.31 Å². The quantitative estimate of drug-likeness (QED) is 0.255. The number of nitrogens with zero attached hydrogens (tertiary/aromatic N) is 2. The lowest BCUT2D eigenvalue weighted by atomic mass is 10.00. The van der Waals surface area contributed by atoms with Gasteiger partial charge in [0.1, 0.15) is 10.8 Å². The van der Waals surface area contributed by atoms with E-state index in [2.05, 4.69) is 0 Å². The monoisotopic (exact) mass is 576 g/mol. The lowest BCUT2D eigenvalue weighted by Gasteiger charge is -2.32. The number of hydrogen-bond donors (Lipinski definition) is 0. The average Bonchev–Trinajstić information content (AvgIpc) is 3.23. The van der Waals surface area contributed by atoms with Gasteiger partial charge in [-0.3, -0.25) is 9.10 Å². The Kier molecular flexibility index (Phi) is 6.92. The predicted octanol–water partition coefficient (Wildman–Crippen LogP) is 6.50. The number of anilines is 1. The summed E-state index contributed by atoms with van der Waals surface area (Å²) < 4.78 is 84.5. The Labute approximate surface area is 227 Å². The van der Waals surface area contributed by atoms with Gasteiger partial charge in [0.25, 0.3) is 10.0 Å². The molecule has 0 unspecified atom stereocenters. The van der Waals surface area contributed by atoms with E-state index in [1.807, 2.05) is 31.2 Å². The molecule has 0 N–H and O–H groups in total. The number of halogens is 4. The van der Waals surface area contributed by atoms with Crippen LogP contribution in [0.25, 0.3) is 10.1 Å². The van der Waals surface area contributed by atoms with Gasteiger partial charge in [-0.15, -0.1) is 11.3 Å². The van der Waals surface area contributed by atoms with Crippen LogP contribution >= 0.6 is 11.3 Å². The highest BCUT2D eigenvalue weighted by Crippen LogP contribution is 2.42. The molecule has 0 atom stereocenters. The number of rotatable bonds is 5. The molecule has 5 nitrogen and oxygen atoms in total. The number of aryl methyl sites for hydroxylation is 2. The van der Waals surface area contributed by atoms with E-state index in [9.17, 15) is 30.8 Å². The van der Waals surface area contributed by atoms with E-state index < -0.39 is 34.5 Å². The molecule has 0 spiro atoms. The summed E-state index contributed by atoms with van der Waals surface area (Å²) in [6.07, 6.45) is -4.97. The Morgan fingerprint density at radius 3 is 2.49 bits per heavy atom. The van der Waals surface area contributed by atoms with Gasteiger partial charge in [0.2, 0.25) is 0 Å². The Morgan fingerprint density at radius 2 is 1.79 bits per heavy atom. The van der Waals surface area contributed by atoms with Gasteiger partial charge in [0.15, 0.2) is 0 Å². The fourth-order valence-electron chi connectivity index (χ4n) is 4.90. The zero-order chi connectivity index (χ0) is 28.1. The second-order valence-electron chi connectivity index (χ2n) is 9.49. The number of amides is 1. The number of benzene rings is 3. The molecule has 1 amide bonds. The molecule has 0 saturated carbocycles. The highest BCUT2D eigenvalue weighted by atomic mass is 32.2. The summed E-state index contributed by atoms with van der Waals surface area (Å²) in [6, 6.07) is 16.4. The van der Waals surface area contributed by atoms with E-state index in [1.54, 1.807) is 25.1 Å². The SMILES string of the molecule is Cc1cc(CN(c2sc3ccccc3c2C)S(=O)(=O)c2cccc3c2CN(C(=O)C(F)(F)F)CC3)ccc1F. The van der Waals surface area contributed by atoms with Crippen molar-refractivity contribution in [2.24, 2.45) is 0 Å². The normalized spacial score (nSPS) is 13.9. The Morgan fingerprint density at radius 1 is 1.05 bits per heavy atom. The zero-order valence-electron chi connectivity index (χ0n) is 21.0. The standard InChI is InChI=1S/C28H24F4N2O3S2/c1-17-14-19(10-11-23(17)29)15-34(26-18(2)21-7-3-4-8-24(21)38-26)39(36,37)25-9-5-6-20-12-13-33(16-22(20)25)27(35)28(30,31)32/h3-11,14H,12-13,15-16H2,1-2H3. The third-order valence-electron chi connectivity index (χ3n) is 6.92. The van der Waals surface area contributed by atoms with Crippen molar-refractivity contribution in [3.8, 4) is 0 Å². The molecule has 3 aromatic carbocycles. The van der Waals surface area contributed by atoms with E-state index in [1.165, 1.54) is 33.8 Å². The van der Waals surface area contributed by atoms with Gasteiger partial charge < -0.3 is 4.90 Å². The van der Waals surface area contributed by atoms with Crippen LogP contribution in [0.3, 0.4) is 0 Å². The number of carbonyl (C=O) groups excluding carboxylic acids is 1. The van der Waals surface area contributed by atoms with Gasteiger partial charge in [0.05, 0.1) is 11.4 Å². The van der Waals surface area contributed by atoms with Crippen molar-refractivity contribution in [3.05, 3.63) is 94.3 Å². The molecule has 11 heteroatoms. The molecule has 1 aliphatic rings. The molecular weight excluding hydrogens is 552 g/mol. The van der Waals surface area contributed by atoms with Crippen molar-refractivity contribution in [2.75, 3.05) is 10.8 Å². The first-order valence-corrected chi connectivity index (χ1v) is 14.4. The lowest BCUT2D eigenvalue weighted by Crippen LogP contribution is -2.44. The second kappa shape index (κ2) is 9.95. The molecule has 0 radical (unpaired) electrons. The minimum atomic E-state index is -5.06. The molecule has 0 bridgehead atoms. The summed E-state index contributed by atoms with van der Waals surface area (Å²) in [5, 5.41) is 1.33. The first-order chi connectivity index (χ1) is 18.4. The van der Waals surface area contributed by atoms with Crippen LogP contribution in [0.5, 0.6) is 0 Å². The van der Waals surface area contributed by atoms with E-state index in [-0.39, 0.29) is 30.0 Å². The molecule has 1 aromatic heterocycles. The van der Waals surface area contributed by atoms with Gasteiger partial charge >= 0.3 is 12.1 Å². The van der Waals surface area contributed by atoms with Crippen LogP contribution in [0, 0.1) is 19.7 Å². The predicted molar refractivity (Wildman–Crippen MR) is 143 cm³/mol. The van der Waals surface area contributed by atoms with Crippen LogP contribution in [-0.4, -0.2) is 31.9 Å². The number of alkyl halides is 3. The summed E-state index contributed by atoms with van der Waals surface area (Å²) in [4.78, 5) is 12.5. The smallest absolute Gasteiger partial charge is 0.330 e. The highest BCUT2D eigenvalue weighted by Gasteiger charge is 2.44. The number of fused-ring (bicyclic) bond motifs is 2. The zero-order valence-corrected chi connectivity index (χ0v) is 22.7. The second-order valence-corrected chi connectivity index (χ2v) is 12.4. The minimum Gasteiger partial charge on any atom is -0.330 e. The molecule has 0 fully saturated rings. The van der Waals surface area contributed by atoms with Gasteiger partial charge in [0, 0.05) is 17.8 Å². The lowest BCUT2D eigenvalue weighted by molar-refractivity contribution is -0.186. The summed E-state index contributed by atoms with van der Waals surface area (Å²) in [5.41, 5.74) is 2.38. The van der Waals surface area contributed by atoms with Crippen LogP contribution in [0.1, 0.15) is 27.8 Å². The molecule has 0 aliphatic carbocycles. The molecule has 0 saturated heterocycles. The first kappa shape index (κ1) is 27.1. The van der Waals surface area contributed by atoms with Gasteiger partial charge in [-0.05, 0) is 71.7 Å². The van der Waals surface area contributed by atoms with Crippen LogP contribution in [-0.2, 0) is 34.3 Å². The first-order valence-electron chi connectivity index (χ1n) is 12.1. The molecule has 2 heterocycles. The number of hydrogen-bond acceptors (Lipinski definition) is 4. The van der Waals surface area contributed by atoms with Crippen molar-refractivity contribution < 1.29 is 30.8 Å². The van der Waals surface area contributed by atoms with Crippen molar-refractivity contribution in [3.63, 3.8) is 0 Å². The van der Waals surface area contributed by atoms with E-state index in [4.69, 9.17) is 0 Å². The van der Waals surface area contributed by atoms with E-state index in [0.29, 0.717) is 26.6 Å². The number of sulfonamides is 1. The third kappa shape index (κ3) is 5.00. The van der Waals surface area contributed by atoms with E-state index in [0.717, 1.165) is 15.6 Å². The van der Waals surface area contributed by atoms with Crippen LogP contribution in [0.4, 0.5) is 22.6 Å². The van der Waals surface area contributed by atoms with Gasteiger partial charge in [-0.25, -0.2) is 12.8 Å². The molecule has 5 rings (SSSR count). The maximum absolute atomic E-state index is 14.4. The van der Waals surface area contributed by atoms with Crippen molar-refractivity contribution in [2.45, 2.75) is 44.4 Å². The molecular formula is C28H24F4N2O3S2. The maximum atomic E-state index is 14.4. The van der Waals surface area contributed by atoms with Gasteiger partial charge in [-0.1, -0.05) is 42.5 Å². The van der Waals surface area contributed by atoms with Gasteiger partial charge in [-0.2, -0.15) is 13.2 Å². The fourth-order valence-corrected chi connectivity index (χ4v) is 8.09. The van der Waals surface area contributed by atoms with Crippen molar-refractivity contribution >= 4 is 42.4 Å². The highest BCUT2D eigenvalue weighted by molar-refractivity contribution is 7.93. The van der Waals surface area contributed by atoms with Crippen molar-refractivity contribution in [1.29, 1.82) is 0 Å². The largest absolute Gasteiger partial charge is 0.471 e. The third-order valence-corrected chi connectivity index (χ3v) is 10.2. The molecule has 204 valence electrons. The average molecular weight is 577 g/mol. The molecule has 1 aliphatic heterocycles. The molecule has 4 aromatic rings. The molecule has 39 heavy (non-hydrogen) atoms. The Hall–Kier alpha value is -3.44. The Balaban J connectivity index is 1.65. The van der Waals surface area contributed by atoms with Crippen LogP contribution in [0.15, 0.2) is 65.6 Å².